The largest absolute Gasteiger partial charge is 0.481 e. The lowest BCUT2D eigenvalue weighted by atomic mass is 9.84. The van der Waals surface area contributed by atoms with E-state index < -0.39 is 11.9 Å². The number of nitrogens with one attached hydrogen (secondary N) is 1. The molecule has 0 aliphatic heterocycles. The third-order valence-electron chi connectivity index (χ3n) is 3.38. The molecule has 1 fully saturated rings. The Labute approximate surface area is 114 Å². The lowest BCUT2D eigenvalue weighted by Crippen LogP contribution is -2.50. The molecule has 0 heterocycles. The van der Waals surface area contributed by atoms with Crippen LogP contribution in [0.5, 0.6) is 0 Å². The fourth-order valence-corrected chi connectivity index (χ4v) is 2.40. The normalized spacial score (nSPS) is 22.3. The summed E-state index contributed by atoms with van der Waals surface area (Å²) in [7, 11) is 0. The molecule has 19 heavy (non-hydrogen) atoms. The maximum Gasteiger partial charge on any atom is 0.318 e. The zero-order valence-electron chi connectivity index (χ0n) is 11.2. The molecule has 2 unspecified atom stereocenters. The fourth-order valence-electron chi connectivity index (χ4n) is 2.40. The van der Waals surface area contributed by atoms with Gasteiger partial charge in [0.25, 0.3) is 0 Å². The predicted octanol–water partition coefficient (Wildman–Crippen LogP) is 2.01. The molecule has 0 aromatic rings. The lowest BCUT2D eigenvalue weighted by Gasteiger charge is -2.31. The summed E-state index contributed by atoms with van der Waals surface area (Å²) >= 11 is 0. The second-order valence-corrected chi connectivity index (χ2v) is 4.77. The Morgan fingerprint density at radius 1 is 1.21 bits per heavy atom. The second-order valence-electron chi connectivity index (χ2n) is 4.77. The Hall–Kier alpha value is -1.78. The van der Waals surface area contributed by atoms with Crippen molar-refractivity contribution in [3.63, 3.8) is 0 Å². The minimum atomic E-state index is -0.830. The van der Waals surface area contributed by atoms with E-state index in [0.29, 0.717) is 19.5 Å². The van der Waals surface area contributed by atoms with Gasteiger partial charge in [0.05, 0.1) is 5.92 Å². The van der Waals surface area contributed by atoms with Crippen LogP contribution >= 0.6 is 0 Å². The summed E-state index contributed by atoms with van der Waals surface area (Å²) in [5, 5.41) is 12.0. The van der Waals surface area contributed by atoms with Crippen molar-refractivity contribution in [1.82, 2.24) is 10.2 Å². The van der Waals surface area contributed by atoms with E-state index in [1.54, 1.807) is 17.1 Å². The van der Waals surface area contributed by atoms with Crippen LogP contribution in [0, 0.1) is 5.92 Å². The van der Waals surface area contributed by atoms with Gasteiger partial charge in [0.15, 0.2) is 0 Å². The zero-order chi connectivity index (χ0) is 14.3. The zero-order valence-corrected chi connectivity index (χ0v) is 11.2. The first kappa shape index (κ1) is 15.3. The van der Waals surface area contributed by atoms with Crippen molar-refractivity contribution < 1.29 is 14.7 Å². The Morgan fingerprint density at radius 2 is 1.79 bits per heavy atom. The van der Waals surface area contributed by atoms with Crippen LogP contribution in [-0.2, 0) is 4.79 Å². The molecule has 0 bridgehead atoms. The van der Waals surface area contributed by atoms with Crippen LogP contribution < -0.4 is 5.32 Å². The summed E-state index contributed by atoms with van der Waals surface area (Å²) in [5.74, 6) is -1.31. The first-order chi connectivity index (χ1) is 9.10. The molecule has 0 spiro atoms. The highest BCUT2D eigenvalue weighted by Crippen LogP contribution is 2.24. The lowest BCUT2D eigenvalue weighted by molar-refractivity contribution is -0.143. The Bertz CT molecular complexity index is 345. The van der Waals surface area contributed by atoms with Gasteiger partial charge in [0.1, 0.15) is 0 Å². The molecule has 1 saturated carbocycles. The predicted molar refractivity (Wildman–Crippen MR) is 73.9 cm³/mol. The molecule has 2 N–H and O–H groups in total. The van der Waals surface area contributed by atoms with E-state index in [2.05, 4.69) is 18.5 Å². The molecular weight excluding hydrogens is 244 g/mol. The van der Waals surface area contributed by atoms with Crippen molar-refractivity contribution in [3.05, 3.63) is 25.3 Å². The minimum absolute atomic E-state index is 0.252. The van der Waals surface area contributed by atoms with E-state index in [0.717, 1.165) is 19.3 Å². The van der Waals surface area contributed by atoms with Crippen LogP contribution in [0.25, 0.3) is 0 Å². The number of hydrogen-bond acceptors (Lipinski definition) is 2. The van der Waals surface area contributed by atoms with Gasteiger partial charge in [-0.2, -0.15) is 0 Å². The summed E-state index contributed by atoms with van der Waals surface area (Å²) in [6, 6.07) is -0.533. The van der Waals surface area contributed by atoms with Crippen LogP contribution in [0.2, 0.25) is 0 Å². The average molecular weight is 266 g/mol. The highest BCUT2D eigenvalue weighted by atomic mass is 16.4. The van der Waals surface area contributed by atoms with Gasteiger partial charge < -0.3 is 15.3 Å². The molecule has 1 rings (SSSR count). The standard InChI is InChI=1S/C14H22N2O3/c1-3-9-16(10-4-2)14(19)15-12-8-6-5-7-11(12)13(17)18/h3-4,11-12H,1-2,5-10H2,(H,15,19)(H,17,18). The number of carbonyl (C=O) groups is 2. The smallest absolute Gasteiger partial charge is 0.318 e. The summed E-state index contributed by atoms with van der Waals surface area (Å²) in [4.78, 5) is 24.8. The maximum absolute atomic E-state index is 12.1. The van der Waals surface area contributed by atoms with Gasteiger partial charge in [-0.3, -0.25) is 4.79 Å². The minimum Gasteiger partial charge on any atom is -0.481 e. The Balaban J connectivity index is 2.63. The maximum atomic E-state index is 12.1. The van der Waals surface area contributed by atoms with Crippen LogP contribution in [0.3, 0.4) is 0 Å². The number of hydrogen-bond donors (Lipinski definition) is 2. The van der Waals surface area contributed by atoms with E-state index >= 15 is 0 Å². The van der Waals surface area contributed by atoms with E-state index in [1.165, 1.54) is 0 Å². The number of carbonyl (C=O) groups excluding carboxylic acids is 1. The van der Waals surface area contributed by atoms with Gasteiger partial charge in [0, 0.05) is 19.1 Å². The highest BCUT2D eigenvalue weighted by Gasteiger charge is 2.32. The van der Waals surface area contributed by atoms with Crippen LogP contribution in [0.15, 0.2) is 25.3 Å². The van der Waals surface area contributed by atoms with E-state index in [1.807, 2.05) is 0 Å². The number of amides is 2. The summed E-state index contributed by atoms with van der Waals surface area (Å²) < 4.78 is 0. The van der Waals surface area contributed by atoms with Crippen molar-refractivity contribution in [3.8, 4) is 0 Å². The highest BCUT2D eigenvalue weighted by molar-refractivity contribution is 5.77. The topological polar surface area (TPSA) is 69.6 Å². The van der Waals surface area contributed by atoms with Crippen molar-refractivity contribution in [2.24, 2.45) is 5.92 Å². The van der Waals surface area contributed by atoms with Gasteiger partial charge in [-0.1, -0.05) is 25.0 Å². The number of aliphatic carboxylic acids is 1. The number of carboxylic acids is 1. The summed E-state index contributed by atoms with van der Waals surface area (Å²) in [6.45, 7) is 8.05. The number of rotatable bonds is 6. The van der Waals surface area contributed by atoms with Crippen molar-refractivity contribution in [2.75, 3.05) is 13.1 Å². The molecule has 0 aromatic carbocycles. The van der Waals surface area contributed by atoms with E-state index in [-0.39, 0.29) is 12.1 Å². The third kappa shape index (κ3) is 4.43. The molecule has 2 amide bonds. The van der Waals surface area contributed by atoms with Crippen molar-refractivity contribution >= 4 is 12.0 Å². The van der Waals surface area contributed by atoms with Gasteiger partial charge in [-0.25, -0.2) is 4.79 Å². The summed E-state index contributed by atoms with van der Waals surface area (Å²) in [6.07, 6.45) is 6.49. The van der Waals surface area contributed by atoms with Crippen LogP contribution in [-0.4, -0.2) is 41.1 Å². The molecule has 1 aliphatic carbocycles. The molecule has 5 heteroatoms. The molecule has 2 atom stereocenters. The number of carboxylic acid groups (broad SMARTS) is 1. The summed E-state index contributed by atoms with van der Waals surface area (Å²) in [5.41, 5.74) is 0. The quantitative estimate of drug-likeness (QED) is 0.723. The molecule has 5 nitrogen and oxygen atoms in total. The monoisotopic (exact) mass is 266 g/mol. The molecule has 0 saturated heterocycles. The Kier molecular flexibility index (Phi) is 6.12. The average Bonchev–Trinajstić information content (AvgIpc) is 2.38. The van der Waals surface area contributed by atoms with Crippen LogP contribution in [0.1, 0.15) is 25.7 Å². The van der Waals surface area contributed by atoms with E-state index in [4.69, 9.17) is 5.11 Å². The van der Waals surface area contributed by atoms with Gasteiger partial charge >= 0.3 is 12.0 Å². The van der Waals surface area contributed by atoms with Gasteiger partial charge in [-0.05, 0) is 12.8 Å². The fraction of sp³-hybridized carbons (Fsp3) is 0.571. The molecule has 0 radical (unpaired) electrons. The van der Waals surface area contributed by atoms with Gasteiger partial charge in [0.2, 0.25) is 0 Å². The van der Waals surface area contributed by atoms with Crippen molar-refractivity contribution in [1.29, 1.82) is 0 Å². The molecular formula is C14H22N2O3. The molecule has 106 valence electrons. The Morgan fingerprint density at radius 3 is 2.32 bits per heavy atom. The number of urea groups is 1. The first-order valence-electron chi connectivity index (χ1n) is 6.60. The van der Waals surface area contributed by atoms with Gasteiger partial charge in [-0.15, -0.1) is 13.2 Å². The SMILES string of the molecule is C=CCN(CC=C)C(=O)NC1CCCCC1C(=O)O. The van der Waals surface area contributed by atoms with E-state index in [9.17, 15) is 9.59 Å². The van der Waals surface area contributed by atoms with Crippen LogP contribution in [0.4, 0.5) is 4.79 Å². The second kappa shape index (κ2) is 7.61. The molecule has 0 aromatic heterocycles. The first-order valence-corrected chi connectivity index (χ1v) is 6.60. The molecule has 1 aliphatic rings. The van der Waals surface area contributed by atoms with Crippen molar-refractivity contribution in [2.45, 2.75) is 31.7 Å². The third-order valence-corrected chi connectivity index (χ3v) is 3.38. The number of nitrogens with zero attached hydrogens (tertiary/aromatic N) is 1.